The Labute approximate surface area is 150 Å². The second kappa shape index (κ2) is 8.60. The molecule has 2 rings (SSSR count). The predicted octanol–water partition coefficient (Wildman–Crippen LogP) is 2.92. The Morgan fingerprint density at radius 2 is 1.92 bits per heavy atom. The highest BCUT2D eigenvalue weighted by Gasteiger charge is 2.12. The number of rotatable bonds is 5. The molecule has 0 aliphatic rings. The summed E-state index contributed by atoms with van der Waals surface area (Å²) in [6, 6.07) is 13.8. The molecule has 3 N–H and O–H groups in total. The Balaban J connectivity index is 2.04. The van der Waals surface area contributed by atoms with Crippen molar-refractivity contribution in [3.8, 4) is 5.75 Å². The van der Waals surface area contributed by atoms with E-state index in [-0.39, 0.29) is 5.11 Å². The largest absolute Gasteiger partial charge is 0.496 e. The Morgan fingerprint density at radius 1 is 1.16 bits per heavy atom. The molecule has 0 unspecified atom stereocenters. The number of methoxy groups -OCH3 is 1. The second-order valence-electron chi connectivity index (χ2n) is 4.91. The van der Waals surface area contributed by atoms with Gasteiger partial charge in [0.1, 0.15) is 5.75 Å². The van der Waals surface area contributed by atoms with Gasteiger partial charge in [0.05, 0.1) is 12.7 Å². The Hall–Kier alpha value is -3.19. The summed E-state index contributed by atoms with van der Waals surface area (Å²) in [5.74, 6) is -0.974. The number of anilines is 1. The maximum absolute atomic E-state index is 12.3. The third-order valence-electron chi connectivity index (χ3n) is 3.14. The van der Waals surface area contributed by atoms with E-state index in [1.54, 1.807) is 48.5 Å². The smallest absolute Gasteiger partial charge is 0.328 e. The Morgan fingerprint density at radius 3 is 2.64 bits per heavy atom. The van der Waals surface area contributed by atoms with E-state index in [0.717, 1.165) is 6.08 Å². The van der Waals surface area contributed by atoms with Crippen LogP contribution >= 0.6 is 12.2 Å². The van der Waals surface area contributed by atoms with Gasteiger partial charge in [-0.2, -0.15) is 0 Å². The lowest BCUT2D eigenvalue weighted by atomic mass is 10.2. The minimum Gasteiger partial charge on any atom is -0.496 e. The van der Waals surface area contributed by atoms with Crippen LogP contribution in [-0.4, -0.2) is 29.2 Å². The lowest BCUT2D eigenvalue weighted by Crippen LogP contribution is -2.34. The number of carboxylic acid groups (broad SMARTS) is 1. The van der Waals surface area contributed by atoms with Crippen molar-refractivity contribution in [2.45, 2.75) is 0 Å². The van der Waals surface area contributed by atoms with Crippen molar-refractivity contribution < 1.29 is 19.4 Å². The van der Waals surface area contributed by atoms with Gasteiger partial charge in [0.2, 0.25) is 0 Å². The van der Waals surface area contributed by atoms with Gasteiger partial charge in [-0.3, -0.25) is 10.1 Å². The third kappa shape index (κ3) is 5.43. The number of benzene rings is 2. The zero-order valence-corrected chi connectivity index (χ0v) is 14.2. The summed E-state index contributed by atoms with van der Waals surface area (Å²) in [5.41, 5.74) is 1.68. The van der Waals surface area contributed by atoms with E-state index in [4.69, 9.17) is 22.1 Å². The molecule has 7 heteroatoms. The summed E-state index contributed by atoms with van der Waals surface area (Å²) in [4.78, 5) is 22.8. The van der Waals surface area contributed by atoms with Crippen LogP contribution in [0.2, 0.25) is 0 Å². The molecule has 0 radical (unpaired) electrons. The van der Waals surface area contributed by atoms with Crippen LogP contribution in [0, 0.1) is 0 Å². The summed E-state index contributed by atoms with van der Waals surface area (Å²) in [7, 11) is 1.48. The maximum atomic E-state index is 12.3. The highest BCUT2D eigenvalue weighted by atomic mass is 32.1. The van der Waals surface area contributed by atoms with E-state index < -0.39 is 11.9 Å². The molecular formula is C18H16N2O4S. The molecule has 128 valence electrons. The van der Waals surface area contributed by atoms with E-state index in [2.05, 4.69) is 10.6 Å². The molecule has 0 heterocycles. The molecule has 25 heavy (non-hydrogen) atoms. The summed E-state index contributed by atoms with van der Waals surface area (Å²) >= 11 is 5.15. The Bertz CT molecular complexity index is 833. The quantitative estimate of drug-likeness (QED) is 0.564. The van der Waals surface area contributed by atoms with Gasteiger partial charge < -0.3 is 15.2 Å². The van der Waals surface area contributed by atoms with Crippen LogP contribution in [0.15, 0.2) is 54.6 Å². The van der Waals surface area contributed by atoms with E-state index in [1.165, 1.54) is 13.2 Å². The fourth-order valence-electron chi connectivity index (χ4n) is 2.05. The standard InChI is InChI=1S/C18H16N2O4S/c1-24-15-8-3-2-7-14(15)17(23)20-18(25)19-13-6-4-5-12(11-13)9-10-16(21)22/h2-11H,1H3,(H,21,22)(H2,19,20,23,25)/b10-9+. The number of carbonyl (C=O) groups excluding carboxylic acids is 1. The van der Waals surface area contributed by atoms with Crippen LogP contribution in [0.1, 0.15) is 15.9 Å². The number of nitrogens with one attached hydrogen (secondary N) is 2. The molecule has 0 fully saturated rings. The number of carboxylic acids is 1. The summed E-state index contributed by atoms with van der Waals surface area (Å²) in [5, 5.41) is 14.2. The SMILES string of the molecule is COc1ccccc1C(=O)NC(=S)Nc1cccc(/C=C/C(=O)O)c1. The van der Waals surface area contributed by atoms with E-state index in [9.17, 15) is 9.59 Å². The first-order valence-electron chi connectivity index (χ1n) is 7.26. The van der Waals surface area contributed by atoms with Gasteiger partial charge in [-0.05, 0) is 48.1 Å². The van der Waals surface area contributed by atoms with Gasteiger partial charge in [-0.15, -0.1) is 0 Å². The second-order valence-corrected chi connectivity index (χ2v) is 5.31. The van der Waals surface area contributed by atoms with E-state index in [0.29, 0.717) is 22.6 Å². The molecule has 6 nitrogen and oxygen atoms in total. The minimum absolute atomic E-state index is 0.121. The van der Waals surface area contributed by atoms with Crippen LogP contribution in [0.3, 0.4) is 0 Å². The number of hydrogen-bond donors (Lipinski definition) is 3. The highest BCUT2D eigenvalue weighted by molar-refractivity contribution is 7.80. The highest BCUT2D eigenvalue weighted by Crippen LogP contribution is 2.17. The van der Waals surface area contributed by atoms with Crippen molar-refractivity contribution >= 4 is 41.0 Å². The first-order chi connectivity index (χ1) is 12.0. The first kappa shape index (κ1) is 18.2. The van der Waals surface area contributed by atoms with Crippen LogP contribution < -0.4 is 15.4 Å². The molecule has 0 aliphatic heterocycles. The monoisotopic (exact) mass is 356 g/mol. The molecule has 0 aliphatic carbocycles. The Kier molecular flexibility index (Phi) is 6.25. The van der Waals surface area contributed by atoms with Crippen LogP contribution in [0.4, 0.5) is 5.69 Å². The third-order valence-corrected chi connectivity index (χ3v) is 3.35. The fourth-order valence-corrected chi connectivity index (χ4v) is 2.26. The van der Waals surface area contributed by atoms with Gasteiger partial charge >= 0.3 is 5.97 Å². The lowest BCUT2D eigenvalue weighted by molar-refractivity contribution is -0.131. The molecule has 0 saturated heterocycles. The number of thiocarbonyl (C=S) groups is 1. The number of carbonyl (C=O) groups is 2. The lowest BCUT2D eigenvalue weighted by Gasteiger charge is -2.11. The molecule has 0 aromatic heterocycles. The molecule has 2 aromatic rings. The fraction of sp³-hybridized carbons (Fsp3) is 0.0556. The summed E-state index contributed by atoms with van der Waals surface area (Å²) in [6.07, 6.45) is 2.50. The molecule has 0 atom stereocenters. The number of amides is 1. The van der Waals surface area contributed by atoms with E-state index >= 15 is 0 Å². The minimum atomic E-state index is -1.03. The van der Waals surface area contributed by atoms with Gasteiger partial charge in [-0.1, -0.05) is 24.3 Å². The molecular weight excluding hydrogens is 340 g/mol. The van der Waals surface area contributed by atoms with Gasteiger partial charge in [0, 0.05) is 11.8 Å². The van der Waals surface area contributed by atoms with Crippen molar-refractivity contribution in [2.24, 2.45) is 0 Å². The number of para-hydroxylation sites is 1. The summed E-state index contributed by atoms with van der Waals surface area (Å²) in [6.45, 7) is 0. The first-order valence-corrected chi connectivity index (χ1v) is 7.67. The molecule has 1 amide bonds. The van der Waals surface area contributed by atoms with Gasteiger partial charge in [0.15, 0.2) is 5.11 Å². The van der Waals surface area contributed by atoms with Gasteiger partial charge in [-0.25, -0.2) is 4.79 Å². The molecule has 0 spiro atoms. The van der Waals surface area contributed by atoms with Crippen LogP contribution in [-0.2, 0) is 4.79 Å². The average Bonchev–Trinajstić information content (AvgIpc) is 2.60. The molecule has 0 saturated carbocycles. The van der Waals surface area contributed by atoms with Crippen molar-refractivity contribution in [2.75, 3.05) is 12.4 Å². The topological polar surface area (TPSA) is 87.7 Å². The number of aliphatic carboxylic acids is 1. The van der Waals surface area contributed by atoms with Crippen molar-refractivity contribution in [3.05, 3.63) is 65.7 Å². The van der Waals surface area contributed by atoms with Crippen LogP contribution in [0.5, 0.6) is 5.75 Å². The summed E-state index contributed by atoms with van der Waals surface area (Å²) < 4.78 is 5.15. The number of hydrogen-bond acceptors (Lipinski definition) is 4. The van der Waals surface area contributed by atoms with Crippen molar-refractivity contribution in [3.63, 3.8) is 0 Å². The van der Waals surface area contributed by atoms with Crippen LogP contribution in [0.25, 0.3) is 6.08 Å². The average molecular weight is 356 g/mol. The zero-order valence-electron chi connectivity index (χ0n) is 13.4. The van der Waals surface area contributed by atoms with Crippen molar-refractivity contribution in [1.29, 1.82) is 0 Å². The normalized spacial score (nSPS) is 10.3. The van der Waals surface area contributed by atoms with E-state index in [1.807, 2.05) is 0 Å². The number of ether oxygens (including phenoxy) is 1. The molecule has 2 aromatic carbocycles. The maximum Gasteiger partial charge on any atom is 0.328 e. The predicted molar refractivity (Wildman–Crippen MR) is 99.8 cm³/mol. The van der Waals surface area contributed by atoms with Crippen molar-refractivity contribution in [1.82, 2.24) is 5.32 Å². The van der Waals surface area contributed by atoms with Gasteiger partial charge in [0.25, 0.3) is 5.91 Å². The molecule has 0 bridgehead atoms. The zero-order chi connectivity index (χ0) is 18.2.